The monoisotopic (exact) mass is 332 g/mol. The molecule has 4 nitrogen and oxygen atoms in total. The number of nitrogens with zero attached hydrogens (tertiary/aromatic N) is 2. The summed E-state index contributed by atoms with van der Waals surface area (Å²) >= 11 is 6.29. The van der Waals surface area contributed by atoms with Crippen LogP contribution in [0.1, 0.15) is 37.0 Å². The average molecular weight is 333 g/mol. The zero-order chi connectivity index (χ0) is 16.4. The van der Waals surface area contributed by atoms with Crippen molar-refractivity contribution < 1.29 is 9.53 Å². The maximum atomic E-state index is 12.4. The number of hydrogen-bond acceptors (Lipinski definition) is 4. The number of fused-ring (bicyclic) bond motifs is 1. The second kappa shape index (κ2) is 6.75. The molecular weight excluding hydrogens is 312 g/mol. The lowest BCUT2D eigenvalue weighted by molar-refractivity contribution is 0.0526. The molecule has 2 aromatic rings. The number of ether oxygens (including phenoxy) is 1. The Morgan fingerprint density at radius 3 is 2.83 bits per heavy atom. The van der Waals surface area contributed by atoms with Gasteiger partial charge in [-0.05, 0) is 31.7 Å². The lowest BCUT2D eigenvalue weighted by Gasteiger charge is -2.33. The highest BCUT2D eigenvalue weighted by Crippen LogP contribution is 2.35. The highest BCUT2D eigenvalue weighted by atomic mass is 35.5. The number of piperidine rings is 1. The number of pyridine rings is 1. The molecular formula is C18H21ClN2O2. The van der Waals surface area contributed by atoms with Crippen LogP contribution in [0.2, 0.25) is 5.02 Å². The lowest BCUT2D eigenvalue weighted by Crippen LogP contribution is -2.34. The van der Waals surface area contributed by atoms with Crippen molar-refractivity contribution in [3.8, 4) is 0 Å². The Balaban J connectivity index is 2.15. The number of carbonyl (C=O) groups is 1. The molecule has 1 aromatic heterocycles. The number of aromatic nitrogens is 1. The smallest absolute Gasteiger partial charge is 0.341 e. The summed E-state index contributed by atoms with van der Waals surface area (Å²) in [5.74, 6) is 0.393. The Hall–Kier alpha value is -1.81. The van der Waals surface area contributed by atoms with Crippen LogP contribution in [0.15, 0.2) is 24.4 Å². The first-order valence-electron chi connectivity index (χ1n) is 8.11. The Labute approximate surface area is 141 Å². The Bertz CT molecular complexity index is 724. The minimum Gasteiger partial charge on any atom is -0.462 e. The van der Waals surface area contributed by atoms with E-state index in [4.69, 9.17) is 16.3 Å². The first-order valence-corrected chi connectivity index (χ1v) is 8.49. The Kier molecular flexibility index (Phi) is 4.71. The van der Waals surface area contributed by atoms with Gasteiger partial charge in [0.1, 0.15) is 5.56 Å². The van der Waals surface area contributed by atoms with E-state index in [1.54, 1.807) is 6.20 Å². The average Bonchev–Trinajstić information content (AvgIpc) is 2.55. The van der Waals surface area contributed by atoms with Crippen molar-refractivity contribution in [3.05, 3.63) is 35.0 Å². The third kappa shape index (κ3) is 3.13. The number of anilines is 1. The first kappa shape index (κ1) is 16.1. The van der Waals surface area contributed by atoms with Crippen molar-refractivity contribution in [3.63, 3.8) is 0 Å². The van der Waals surface area contributed by atoms with Gasteiger partial charge in [0.05, 0.1) is 22.8 Å². The maximum Gasteiger partial charge on any atom is 0.341 e. The number of para-hydroxylation sites is 1. The van der Waals surface area contributed by atoms with Crippen molar-refractivity contribution in [2.24, 2.45) is 5.92 Å². The van der Waals surface area contributed by atoms with Crippen molar-refractivity contribution in [1.82, 2.24) is 4.98 Å². The van der Waals surface area contributed by atoms with Crippen molar-refractivity contribution in [1.29, 1.82) is 0 Å². The molecule has 5 heteroatoms. The fraction of sp³-hybridized carbons (Fsp3) is 0.444. The molecule has 23 heavy (non-hydrogen) atoms. The van der Waals surface area contributed by atoms with E-state index in [1.165, 1.54) is 0 Å². The Morgan fingerprint density at radius 1 is 1.39 bits per heavy atom. The molecule has 0 bridgehead atoms. The van der Waals surface area contributed by atoms with Gasteiger partial charge in [-0.25, -0.2) is 4.79 Å². The van der Waals surface area contributed by atoms with Gasteiger partial charge in [-0.3, -0.25) is 4.98 Å². The van der Waals surface area contributed by atoms with Crippen molar-refractivity contribution in [2.75, 3.05) is 24.6 Å². The van der Waals surface area contributed by atoms with Crippen molar-refractivity contribution >= 4 is 34.2 Å². The van der Waals surface area contributed by atoms with E-state index >= 15 is 0 Å². The third-order valence-corrected chi connectivity index (χ3v) is 4.72. The summed E-state index contributed by atoms with van der Waals surface area (Å²) in [6, 6.07) is 5.70. The first-order chi connectivity index (χ1) is 11.1. The van der Waals surface area contributed by atoms with Crippen LogP contribution in [0.4, 0.5) is 5.69 Å². The summed E-state index contributed by atoms with van der Waals surface area (Å²) in [6.45, 7) is 6.29. The molecule has 0 unspecified atom stereocenters. The van der Waals surface area contributed by atoms with Gasteiger partial charge in [0.25, 0.3) is 0 Å². The van der Waals surface area contributed by atoms with Crippen LogP contribution < -0.4 is 4.90 Å². The maximum absolute atomic E-state index is 12.4. The van der Waals surface area contributed by atoms with Crippen LogP contribution >= 0.6 is 11.6 Å². The largest absolute Gasteiger partial charge is 0.462 e. The minimum atomic E-state index is -0.324. The number of halogens is 1. The predicted molar refractivity (Wildman–Crippen MR) is 93.3 cm³/mol. The van der Waals surface area contributed by atoms with E-state index in [2.05, 4.69) is 16.8 Å². The summed E-state index contributed by atoms with van der Waals surface area (Å²) in [7, 11) is 0. The van der Waals surface area contributed by atoms with Crippen LogP contribution in [-0.2, 0) is 4.74 Å². The molecule has 0 aliphatic carbocycles. The molecule has 1 fully saturated rings. The standard InChI is InChI=1S/C18H21ClN2O2/c1-3-23-18(22)14-11-20-16-13(5-4-6-15(16)19)17(14)21-9-7-12(2)8-10-21/h4-6,11-12H,3,7-10H2,1-2H3. The minimum absolute atomic E-state index is 0.324. The number of rotatable bonds is 3. The molecule has 0 N–H and O–H groups in total. The second-order valence-electron chi connectivity index (χ2n) is 6.05. The number of benzene rings is 1. The molecule has 122 valence electrons. The molecule has 0 atom stereocenters. The summed E-state index contributed by atoms with van der Waals surface area (Å²) < 4.78 is 5.22. The van der Waals surface area contributed by atoms with E-state index < -0.39 is 0 Å². The summed E-state index contributed by atoms with van der Waals surface area (Å²) in [6.07, 6.45) is 3.83. The van der Waals surface area contributed by atoms with Crippen LogP contribution in [0, 0.1) is 5.92 Å². The van der Waals surface area contributed by atoms with Crippen LogP contribution in [0.5, 0.6) is 0 Å². The van der Waals surface area contributed by atoms with Crippen LogP contribution in [0.3, 0.4) is 0 Å². The highest BCUT2D eigenvalue weighted by Gasteiger charge is 2.25. The summed E-state index contributed by atoms with van der Waals surface area (Å²) in [5, 5.41) is 1.52. The molecule has 1 aromatic carbocycles. The fourth-order valence-electron chi connectivity index (χ4n) is 3.10. The van der Waals surface area contributed by atoms with Crippen LogP contribution in [0.25, 0.3) is 10.9 Å². The number of esters is 1. The molecule has 1 aliphatic heterocycles. The van der Waals surface area contributed by atoms with E-state index in [0.29, 0.717) is 23.1 Å². The topological polar surface area (TPSA) is 42.4 Å². The number of hydrogen-bond donors (Lipinski definition) is 0. The van der Waals surface area contributed by atoms with E-state index in [1.807, 2.05) is 25.1 Å². The quantitative estimate of drug-likeness (QED) is 0.786. The molecule has 0 spiro atoms. The molecule has 0 radical (unpaired) electrons. The third-order valence-electron chi connectivity index (χ3n) is 4.41. The molecule has 1 saturated heterocycles. The normalized spacial score (nSPS) is 15.9. The van der Waals surface area contributed by atoms with Gasteiger partial charge in [0.2, 0.25) is 0 Å². The van der Waals surface area contributed by atoms with Gasteiger partial charge >= 0.3 is 5.97 Å². The van der Waals surface area contributed by atoms with Gasteiger partial charge in [-0.15, -0.1) is 0 Å². The fourth-order valence-corrected chi connectivity index (χ4v) is 3.33. The van der Waals surface area contributed by atoms with Crippen molar-refractivity contribution in [2.45, 2.75) is 26.7 Å². The molecule has 3 rings (SSSR count). The zero-order valence-electron chi connectivity index (χ0n) is 13.5. The number of carbonyl (C=O) groups excluding carboxylic acids is 1. The summed E-state index contributed by atoms with van der Waals surface area (Å²) in [4.78, 5) is 19.0. The highest BCUT2D eigenvalue weighted by molar-refractivity contribution is 6.35. The summed E-state index contributed by atoms with van der Waals surface area (Å²) in [5.41, 5.74) is 2.16. The molecule has 1 aliphatic rings. The van der Waals surface area contributed by atoms with Gasteiger partial charge < -0.3 is 9.64 Å². The van der Waals surface area contributed by atoms with Gasteiger partial charge in [0, 0.05) is 24.7 Å². The van der Waals surface area contributed by atoms with Gasteiger partial charge in [-0.1, -0.05) is 30.7 Å². The van der Waals surface area contributed by atoms with E-state index in [9.17, 15) is 4.79 Å². The zero-order valence-corrected chi connectivity index (χ0v) is 14.3. The lowest BCUT2D eigenvalue weighted by atomic mass is 9.97. The van der Waals surface area contributed by atoms with E-state index in [0.717, 1.165) is 42.5 Å². The van der Waals surface area contributed by atoms with E-state index in [-0.39, 0.29) is 5.97 Å². The second-order valence-corrected chi connectivity index (χ2v) is 6.45. The van der Waals surface area contributed by atoms with Gasteiger partial charge in [0.15, 0.2) is 0 Å². The van der Waals surface area contributed by atoms with Gasteiger partial charge in [-0.2, -0.15) is 0 Å². The molecule has 0 saturated carbocycles. The SMILES string of the molecule is CCOC(=O)c1cnc2c(Cl)cccc2c1N1CCC(C)CC1. The molecule has 0 amide bonds. The predicted octanol–water partition coefficient (Wildman–Crippen LogP) is 4.30. The Morgan fingerprint density at radius 2 is 2.13 bits per heavy atom. The van der Waals surface area contributed by atoms with Crippen LogP contribution in [-0.4, -0.2) is 30.6 Å². The molecule has 2 heterocycles.